The van der Waals surface area contributed by atoms with Crippen molar-refractivity contribution in [3.8, 4) is 23.0 Å². The van der Waals surface area contributed by atoms with Crippen molar-refractivity contribution in [2.45, 2.75) is 18.6 Å². The van der Waals surface area contributed by atoms with Crippen LogP contribution in [0.25, 0.3) is 0 Å². The number of aliphatic imine (C=N–C) groups is 1. The highest BCUT2D eigenvalue weighted by atomic mass is 79.9. The number of hydrogen-bond donors (Lipinski definition) is 2. The lowest BCUT2D eigenvalue weighted by atomic mass is 9.93. The van der Waals surface area contributed by atoms with E-state index in [9.17, 15) is 5.11 Å². The highest BCUT2D eigenvalue weighted by Gasteiger charge is 2.29. The number of hydrogen-bond acceptors (Lipinski definition) is 6. The first-order chi connectivity index (χ1) is 15.5. The second-order valence-corrected chi connectivity index (χ2v) is 9.34. The first-order valence-electron chi connectivity index (χ1n) is 10.1. The van der Waals surface area contributed by atoms with E-state index in [-0.39, 0.29) is 24.8 Å². The van der Waals surface area contributed by atoms with Crippen LogP contribution in [0, 0.1) is 0 Å². The molecule has 0 aromatic heterocycles. The third kappa shape index (κ3) is 4.10. The van der Waals surface area contributed by atoms with Gasteiger partial charge in [-0.25, -0.2) is 0 Å². The average Bonchev–Trinajstić information content (AvgIpc) is 3.28. The summed E-state index contributed by atoms with van der Waals surface area (Å²) in [5.74, 6) is 2.45. The molecule has 0 unspecified atom stereocenters. The molecule has 6 nitrogen and oxygen atoms in total. The maximum Gasteiger partial charge on any atom is 0.231 e. The summed E-state index contributed by atoms with van der Waals surface area (Å²) in [5, 5.41) is 14.2. The Hall–Kier alpha value is -2.55. The summed E-state index contributed by atoms with van der Waals surface area (Å²) in [4.78, 5) is 5.03. The van der Waals surface area contributed by atoms with Gasteiger partial charge in [0.1, 0.15) is 17.7 Å². The minimum Gasteiger partial charge on any atom is -0.508 e. The Morgan fingerprint density at radius 2 is 1.88 bits per heavy atom. The summed E-state index contributed by atoms with van der Waals surface area (Å²) in [7, 11) is 1.64. The van der Waals surface area contributed by atoms with E-state index in [1.54, 1.807) is 13.2 Å². The molecule has 3 aromatic carbocycles. The van der Waals surface area contributed by atoms with Crippen LogP contribution in [0.1, 0.15) is 35.3 Å². The van der Waals surface area contributed by atoms with Gasteiger partial charge in [0.25, 0.3) is 0 Å². The number of halogens is 2. The van der Waals surface area contributed by atoms with E-state index in [1.165, 1.54) is 0 Å². The van der Waals surface area contributed by atoms with Gasteiger partial charge in [-0.15, -0.1) is 0 Å². The molecule has 0 saturated carbocycles. The second-order valence-electron chi connectivity index (χ2n) is 7.57. The molecule has 0 bridgehead atoms. The standard InChI is InChI=1S/C24H20Br2N2O4/c1-30-21-6-3-14(8-17(21)26)24-27-18(13-2-7-22-23(9-13)32-12-31-22)11-19(28-24)16-10-15(25)4-5-20(16)29/h2-10,19,24,28-29H,11-12H2,1H3/t19-,24+/m0/s1. The Morgan fingerprint density at radius 1 is 1.03 bits per heavy atom. The number of aromatic hydroxyl groups is 1. The van der Waals surface area contributed by atoms with Gasteiger partial charge in [-0.2, -0.15) is 0 Å². The molecule has 5 rings (SSSR count). The highest BCUT2D eigenvalue weighted by molar-refractivity contribution is 9.10. The Kier molecular flexibility index (Phi) is 5.84. The smallest absolute Gasteiger partial charge is 0.231 e. The first kappa shape index (κ1) is 21.3. The molecular weight excluding hydrogens is 540 g/mol. The first-order valence-corrected chi connectivity index (χ1v) is 11.6. The van der Waals surface area contributed by atoms with Gasteiger partial charge < -0.3 is 19.3 Å². The second kappa shape index (κ2) is 8.77. The van der Waals surface area contributed by atoms with E-state index < -0.39 is 0 Å². The van der Waals surface area contributed by atoms with Crippen molar-refractivity contribution < 1.29 is 19.3 Å². The summed E-state index contributed by atoms with van der Waals surface area (Å²) in [5.41, 5.74) is 3.68. The lowest BCUT2D eigenvalue weighted by Crippen LogP contribution is -2.33. The van der Waals surface area contributed by atoms with Gasteiger partial charge in [-0.3, -0.25) is 10.3 Å². The molecule has 0 saturated heterocycles. The van der Waals surface area contributed by atoms with Crippen LogP contribution in [0.4, 0.5) is 0 Å². The molecule has 2 atom stereocenters. The SMILES string of the molecule is COc1ccc([C@@H]2N=C(c3ccc4c(c3)OCO4)C[C@@H](c3cc(Br)ccc3O)N2)cc1Br. The topological polar surface area (TPSA) is 72.3 Å². The fourth-order valence-corrected chi connectivity index (χ4v) is 4.92. The van der Waals surface area contributed by atoms with Gasteiger partial charge in [0.2, 0.25) is 6.79 Å². The number of methoxy groups -OCH3 is 1. The molecule has 2 N–H and O–H groups in total. The number of nitrogens with zero attached hydrogens (tertiary/aromatic N) is 1. The van der Waals surface area contributed by atoms with E-state index in [2.05, 4.69) is 37.2 Å². The van der Waals surface area contributed by atoms with E-state index in [1.807, 2.05) is 48.5 Å². The molecule has 32 heavy (non-hydrogen) atoms. The number of rotatable bonds is 4. The average molecular weight is 560 g/mol. The van der Waals surface area contributed by atoms with Crippen LogP contribution in [0.5, 0.6) is 23.0 Å². The third-order valence-electron chi connectivity index (χ3n) is 5.60. The summed E-state index contributed by atoms with van der Waals surface area (Å²) < 4.78 is 18.2. The molecule has 2 heterocycles. The van der Waals surface area contributed by atoms with Crippen LogP contribution in [-0.2, 0) is 0 Å². The molecule has 0 spiro atoms. The Labute approximate surface area is 202 Å². The quantitative estimate of drug-likeness (QED) is 0.418. The summed E-state index contributed by atoms with van der Waals surface area (Å²) >= 11 is 7.09. The minimum absolute atomic E-state index is 0.142. The van der Waals surface area contributed by atoms with Crippen LogP contribution < -0.4 is 19.5 Å². The molecule has 0 radical (unpaired) electrons. The molecule has 164 valence electrons. The molecular formula is C24H20Br2N2O4. The van der Waals surface area contributed by atoms with Gasteiger partial charge in [0, 0.05) is 28.2 Å². The van der Waals surface area contributed by atoms with Gasteiger partial charge in [0.15, 0.2) is 11.5 Å². The zero-order valence-electron chi connectivity index (χ0n) is 17.1. The van der Waals surface area contributed by atoms with E-state index >= 15 is 0 Å². The Balaban J connectivity index is 1.57. The van der Waals surface area contributed by atoms with Gasteiger partial charge in [-0.05, 0) is 75.6 Å². The van der Waals surface area contributed by atoms with Crippen LogP contribution in [0.2, 0.25) is 0 Å². The minimum atomic E-state index is -0.310. The van der Waals surface area contributed by atoms with Crippen molar-refractivity contribution in [1.82, 2.24) is 5.32 Å². The fourth-order valence-electron chi connectivity index (χ4n) is 3.98. The highest BCUT2D eigenvalue weighted by Crippen LogP contribution is 2.39. The third-order valence-corrected chi connectivity index (χ3v) is 6.72. The number of nitrogens with one attached hydrogen (secondary N) is 1. The lowest BCUT2D eigenvalue weighted by molar-refractivity contribution is 0.174. The number of fused-ring (bicyclic) bond motifs is 1. The van der Waals surface area contributed by atoms with E-state index in [0.717, 1.165) is 42.8 Å². The fraction of sp³-hybridized carbons (Fsp3) is 0.208. The normalized spacial score (nSPS) is 19.5. The van der Waals surface area contributed by atoms with E-state index in [0.29, 0.717) is 12.2 Å². The van der Waals surface area contributed by atoms with Gasteiger partial charge >= 0.3 is 0 Å². The molecule has 2 aliphatic heterocycles. The Bertz CT molecular complexity index is 1210. The van der Waals surface area contributed by atoms with Crippen molar-refractivity contribution in [2.24, 2.45) is 4.99 Å². The van der Waals surface area contributed by atoms with Gasteiger partial charge in [-0.1, -0.05) is 22.0 Å². The van der Waals surface area contributed by atoms with Crippen molar-refractivity contribution in [2.75, 3.05) is 13.9 Å². The number of ether oxygens (including phenoxy) is 3. The molecule has 0 amide bonds. The molecule has 3 aromatic rings. The largest absolute Gasteiger partial charge is 0.508 e. The monoisotopic (exact) mass is 558 g/mol. The number of phenols is 1. The van der Waals surface area contributed by atoms with E-state index in [4.69, 9.17) is 19.2 Å². The van der Waals surface area contributed by atoms with Crippen LogP contribution >= 0.6 is 31.9 Å². The molecule has 0 fully saturated rings. The molecule has 0 aliphatic carbocycles. The number of phenolic OH excluding ortho intramolecular Hbond substituents is 1. The van der Waals surface area contributed by atoms with Crippen LogP contribution in [0.15, 0.2) is 68.5 Å². The van der Waals surface area contributed by atoms with Crippen LogP contribution in [-0.4, -0.2) is 24.7 Å². The summed E-state index contributed by atoms with van der Waals surface area (Å²) in [6, 6.07) is 17.1. The molecule has 2 aliphatic rings. The van der Waals surface area contributed by atoms with Gasteiger partial charge in [0.05, 0.1) is 11.6 Å². The zero-order chi connectivity index (χ0) is 22.2. The maximum absolute atomic E-state index is 10.6. The van der Waals surface area contributed by atoms with Crippen molar-refractivity contribution in [1.29, 1.82) is 0 Å². The summed E-state index contributed by atoms with van der Waals surface area (Å²) in [6.07, 6.45) is 0.298. The zero-order valence-corrected chi connectivity index (χ0v) is 20.3. The Morgan fingerprint density at radius 3 is 2.69 bits per heavy atom. The van der Waals surface area contributed by atoms with Crippen LogP contribution in [0.3, 0.4) is 0 Å². The predicted molar refractivity (Wildman–Crippen MR) is 129 cm³/mol. The lowest BCUT2D eigenvalue weighted by Gasteiger charge is -2.31. The van der Waals surface area contributed by atoms with Crippen molar-refractivity contribution in [3.05, 3.63) is 80.2 Å². The summed E-state index contributed by atoms with van der Waals surface area (Å²) in [6.45, 7) is 0.226. The van der Waals surface area contributed by atoms with Crippen molar-refractivity contribution in [3.63, 3.8) is 0 Å². The molecule has 8 heteroatoms. The maximum atomic E-state index is 10.6. The number of benzene rings is 3. The van der Waals surface area contributed by atoms with Crippen molar-refractivity contribution >= 4 is 37.6 Å². The predicted octanol–water partition coefficient (Wildman–Crippen LogP) is 5.88.